The van der Waals surface area contributed by atoms with Crippen molar-refractivity contribution in [3.8, 4) is 5.75 Å². The molecule has 134 valence electrons. The topological polar surface area (TPSA) is 21.3 Å². The molecule has 0 spiro atoms. The van der Waals surface area contributed by atoms with Crippen molar-refractivity contribution >= 4 is 23.1 Å². The Balaban J connectivity index is 1.95. The first-order chi connectivity index (χ1) is 12.1. The lowest BCUT2D eigenvalue weighted by Gasteiger charge is -2.15. The van der Waals surface area contributed by atoms with Gasteiger partial charge < -0.3 is 10.1 Å². The Morgan fingerprint density at radius 3 is 2.52 bits per heavy atom. The van der Waals surface area contributed by atoms with Gasteiger partial charge in [0.05, 0.1) is 0 Å². The van der Waals surface area contributed by atoms with Gasteiger partial charge in [-0.3, -0.25) is 0 Å². The Kier molecular flexibility index (Phi) is 7.93. The minimum absolute atomic E-state index is 0.395. The third kappa shape index (κ3) is 6.17. The first-order valence-corrected chi connectivity index (χ1v) is 9.65. The summed E-state index contributed by atoms with van der Waals surface area (Å²) in [5.74, 6) is 0.862. The van der Waals surface area contributed by atoms with Gasteiger partial charge in [0.25, 0.3) is 5.17 Å². The molecular formula is C22H29NOS. The molecular weight excluding hydrogens is 326 g/mol. The SMILES string of the molecule is CCCCCCCc1ccccc1OC(=S)Nc1cccc(C)c1C. The summed E-state index contributed by atoms with van der Waals surface area (Å²) < 4.78 is 5.94. The van der Waals surface area contributed by atoms with Gasteiger partial charge in [-0.05, 0) is 67.7 Å². The lowest BCUT2D eigenvalue weighted by Crippen LogP contribution is -2.18. The third-order valence-electron chi connectivity index (χ3n) is 4.57. The van der Waals surface area contributed by atoms with Crippen molar-refractivity contribution in [2.24, 2.45) is 0 Å². The molecule has 2 nitrogen and oxygen atoms in total. The third-order valence-corrected chi connectivity index (χ3v) is 4.75. The summed E-state index contributed by atoms with van der Waals surface area (Å²) in [6.07, 6.45) is 7.41. The number of unbranched alkanes of at least 4 members (excludes halogenated alkanes) is 4. The van der Waals surface area contributed by atoms with E-state index in [9.17, 15) is 0 Å². The normalized spacial score (nSPS) is 10.5. The molecule has 25 heavy (non-hydrogen) atoms. The number of aryl methyl sites for hydroxylation is 2. The van der Waals surface area contributed by atoms with Crippen LogP contribution in [0.15, 0.2) is 42.5 Å². The summed E-state index contributed by atoms with van der Waals surface area (Å²) >= 11 is 5.42. The van der Waals surface area contributed by atoms with E-state index in [0.717, 1.165) is 17.9 Å². The molecule has 0 aliphatic carbocycles. The molecule has 3 heteroatoms. The van der Waals surface area contributed by atoms with Gasteiger partial charge in [0.15, 0.2) is 0 Å². The van der Waals surface area contributed by atoms with Crippen LogP contribution >= 0.6 is 12.2 Å². The number of thiocarbonyl (C=S) groups is 1. The molecule has 2 aromatic carbocycles. The van der Waals surface area contributed by atoms with Crippen LogP contribution in [0.25, 0.3) is 0 Å². The Labute approximate surface area is 157 Å². The average Bonchev–Trinajstić information content (AvgIpc) is 2.60. The highest BCUT2D eigenvalue weighted by atomic mass is 32.1. The Bertz CT molecular complexity index is 696. The van der Waals surface area contributed by atoms with Gasteiger partial charge in [-0.15, -0.1) is 0 Å². The predicted octanol–water partition coefficient (Wildman–Crippen LogP) is 6.59. The smallest absolute Gasteiger partial charge is 0.266 e. The van der Waals surface area contributed by atoms with Crippen LogP contribution in [0.4, 0.5) is 5.69 Å². The van der Waals surface area contributed by atoms with Crippen LogP contribution < -0.4 is 10.1 Å². The van der Waals surface area contributed by atoms with E-state index in [1.807, 2.05) is 24.3 Å². The first kappa shape index (κ1) is 19.5. The molecule has 0 heterocycles. The van der Waals surface area contributed by atoms with Crippen LogP contribution in [0, 0.1) is 13.8 Å². The maximum absolute atomic E-state index is 5.94. The molecule has 0 aromatic heterocycles. The summed E-state index contributed by atoms with van der Waals surface area (Å²) in [6.45, 7) is 6.43. The second kappa shape index (κ2) is 10.2. The standard InChI is InChI=1S/C22H29NOS/c1-4-5-6-7-8-13-19-14-9-10-16-21(19)24-22(25)23-20-15-11-12-17(2)18(20)3/h9-12,14-16H,4-8,13H2,1-3H3,(H,23,25). The van der Waals surface area contributed by atoms with Gasteiger partial charge in [-0.2, -0.15) is 0 Å². The van der Waals surface area contributed by atoms with E-state index in [2.05, 4.69) is 44.3 Å². The monoisotopic (exact) mass is 355 g/mol. The molecule has 0 saturated heterocycles. The molecule has 2 aromatic rings. The lowest BCUT2D eigenvalue weighted by molar-refractivity contribution is 0.548. The van der Waals surface area contributed by atoms with E-state index in [1.54, 1.807) is 0 Å². The van der Waals surface area contributed by atoms with E-state index >= 15 is 0 Å². The molecule has 1 N–H and O–H groups in total. The number of para-hydroxylation sites is 1. The molecule has 0 radical (unpaired) electrons. The van der Waals surface area contributed by atoms with Gasteiger partial charge in [0.1, 0.15) is 5.75 Å². The van der Waals surface area contributed by atoms with Crippen LogP contribution in [-0.2, 0) is 6.42 Å². The van der Waals surface area contributed by atoms with Crippen molar-refractivity contribution in [3.05, 3.63) is 59.2 Å². The Hall–Kier alpha value is -1.87. The van der Waals surface area contributed by atoms with Gasteiger partial charge >= 0.3 is 0 Å². The summed E-state index contributed by atoms with van der Waals surface area (Å²) in [6, 6.07) is 14.3. The second-order valence-electron chi connectivity index (χ2n) is 6.53. The summed E-state index contributed by atoms with van der Waals surface area (Å²) in [5.41, 5.74) is 4.66. The van der Waals surface area contributed by atoms with E-state index in [0.29, 0.717) is 5.17 Å². The second-order valence-corrected chi connectivity index (χ2v) is 6.90. The van der Waals surface area contributed by atoms with E-state index in [1.165, 1.54) is 48.8 Å². The fourth-order valence-electron chi connectivity index (χ4n) is 2.85. The highest BCUT2D eigenvalue weighted by molar-refractivity contribution is 7.80. The van der Waals surface area contributed by atoms with Crippen LogP contribution in [0.3, 0.4) is 0 Å². The molecule has 0 aliphatic rings. The van der Waals surface area contributed by atoms with Crippen molar-refractivity contribution in [1.29, 1.82) is 0 Å². The van der Waals surface area contributed by atoms with Crippen molar-refractivity contribution in [2.75, 3.05) is 5.32 Å². The van der Waals surface area contributed by atoms with Gasteiger partial charge in [0.2, 0.25) is 0 Å². The molecule has 0 fully saturated rings. The maximum atomic E-state index is 5.94. The minimum Gasteiger partial charge on any atom is -0.431 e. The molecule has 0 aliphatic heterocycles. The predicted molar refractivity (Wildman–Crippen MR) is 112 cm³/mol. The number of hydrogen-bond donors (Lipinski definition) is 1. The van der Waals surface area contributed by atoms with Crippen molar-refractivity contribution in [3.63, 3.8) is 0 Å². The Morgan fingerprint density at radius 2 is 1.72 bits per heavy atom. The molecule has 0 atom stereocenters. The molecule has 0 unspecified atom stereocenters. The number of benzene rings is 2. The van der Waals surface area contributed by atoms with E-state index in [4.69, 9.17) is 17.0 Å². The maximum Gasteiger partial charge on any atom is 0.266 e. The average molecular weight is 356 g/mol. The Morgan fingerprint density at radius 1 is 0.960 bits per heavy atom. The minimum atomic E-state index is 0.395. The van der Waals surface area contributed by atoms with Gasteiger partial charge in [-0.1, -0.05) is 62.9 Å². The van der Waals surface area contributed by atoms with E-state index < -0.39 is 0 Å². The highest BCUT2D eigenvalue weighted by Gasteiger charge is 2.08. The van der Waals surface area contributed by atoms with Gasteiger partial charge in [-0.25, -0.2) is 0 Å². The number of nitrogens with one attached hydrogen (secondary N) is 1. The van der Waals surface area contributed by atoms with Crippen LogP contribution in [0.5, 0.6) is 5.75 Å². The van der Waals surface area contributed by atoms with E-state index in [-0.39, 0.29) is 0 Å². The fourth-order valence-corrected chi connectivity index (χ4v) is 3.05. The number of rotatable bonds is 8. The van der Waals surface area contributed by atoms with Crippen molar-refractivity contribution in [2.45, 2.75) is 59.3 Å². The van der Waals surface area contributed by atoms with Crippen LogP contribution in [-0.4, -0.2) is 5.17 Å². The lowest BCUT2D eigenvalue weighted by atomic mass is 10.0. The van der Waals surface area contributed by atoms with Crippen molar-refractivity contribution < 1.29 is 4.74 Å². The fraction of sp³-hybridized carbons (Fsp3) is 0.409. The number of ether oxygens (including phenoxy) is 1. The van der Waals surface area contributed by atoms with Crippen molar-refractivity contribution in [1.82, 2.24) is 0 Å². The first-order valence-electron chi connectivity index (χ1n) is 9.24. The zero-order chi connectivity index (χ0) is 18.1. The number of hydrogen-bond acceptors (Lipinski definition) is 2. The molecule has 0 amide bonds. The summed E-state index contributed by atoms with van der Waals surface area (Å²) in [7, 11) is 0. The largest absolute Gasteiger partial charge is 0.431 e. The zero-order valence-corrected chi connectivity index (χ0v) is 16.4. The number of anilines is 1. The molecule has 0 saturated carbocycles. The quantitative estimate of drug-likeness (QED) is 0.426. The summed E-state index contributed by atoms with van der Waals surface area (Å²) in [5, 5.41) is 3.62. The highest BCUT2D eigenvalue weighted by Crippen LogP contribution is 2.23. The summed E-state index contributed by atoms with van der Waals surface area (Å²) in [4.78, 5) is 0. The van der Waals surface area contributed by atoms with Crippen LogP contribution in [0.2, 0.25) is 0 Å². The molecule has 2 rings (SSSR count). The zero-order valence-electron chi connectivity index (χ0n) is 15.6. The van der Waals surface area contributed by atoms with Crippen LogP contribution in [0.1, 0.15) is 55.7 Å². The molecule has 0 bridgehead atoms. The van der Waals surface area contributed by atoms with Gasteiger partial charge in [0, 0.05) is 5.69 Å².